The fourth-order valence-electron chi connectivity index (χ4n) is 1.60. The van der Waals surface area contributed by atoms with Gasteiger partial charge in [0.2, 0.25) is 0 Å². The highest BCUT2D eigenvalue weighted by Gasteiger charge is 2.11. The highest BCUT2D eigenvalue weighted by Crippen LogP contribution is 2.23. The zero-order valence-electron chi connectivity index (χ0n) is 12.1. The lowest BCUT2D eigenvalue weighted by atomic mass is 10.2. The number of hydrogen-bond acceptors (Lipinski definition) is 5. The lowest BCUT2D eigenvalue weighted by Gasteiger charge is -2.09. The normalized spacial score (nSPS) is 10.5. The highest BCUT2D eigenvalue weighted by molar-refractivity contribution is 6.07. The molecule has 0 aliphatic carbocycles. The minimum atomic E-state index is -0.889. The van der Waals surface area contributed by atoms with E-state index in [1.165, 1.54) is 13.3 Å². The number of methoxy groups -OCH3 is 1. The molecule has 0 spiro atoms. The van der Waals surface area contributed by atoms with Crippen LogP contribution in [0.25, 0.3) is 0 Å². The summed E-state index contributed by atoms with van der Waals surface area (Å²) in [4.78, 5) is 22.3. The number of carboxylic acids is 1. The number of carboxylic acid groups (broad SMARTS) is 1. The van der Waals surface area contributed by atoms with Crippen LogP contribution in [0.1, 0.15) is 12.8 Å². The maximum Gasteiger partial charge on any atom is 0.303 e. The first-order valence-electron chi connectivity index (χ1n) is 6.58. The zero-order valence-corrected chi connectivity index (χ0v) is 12.1. The Kier molecular flexibility index (Phi) is 6.99. The van der Waals surface area contributed by atoms with Crippen LogP contribution >= 0.6 is 0 Å². The van der Waals surface area contributed by atoms with Crippen LogP contribution in [0, 0.1) is 11.3 Å². The maximum atomic E-state index is 12.0. The van der Waals surface area contributed by atoms with E-state index in [1.807, 2.05) is 0 Å². The van der Waals surface area contributed by atoms with Gasteiger partial charge in [0.1, 0.15) is 17.4 Å². The molecule has 7 nitrogen and oxygen atoms in total. The Labute approximate surface area is 128 Å². The number of aliphatic carboxylic acids is 1. The molecule has 0 saturated carbocycles. The number of hydrogen-bond donors (Lipinski definition) is 3. The molecule has 0 atom stereocenters. The molecule has 116 valence electrons. The monoisotopic (exact) mass is 303 g/mol. The summed E-state index contributed by atoms with van der Waals surface area (Å²) in [6.45, 7) is 0.361. The minimum absolute atomic E-state index is 0.0239. The number of rotatable bonds is 8. The fourth-order valence-corrected chi connectivity index (χ4v) is 1.60. The Bertz CT molecular complexity index is 605. The van der Waals surface area contributed by atoms with E-state index in [0.717, 1.165) is 0 Å². The molecule has 0 saturated heterocycles. The number of benzene rings is 1. The molecule has 1 rings (SSSR count). The van der Waals surface area contributed by atoms with E-state index in [9.17, 15) is 9.59 Å². The number of anilines is 1. The molecule has 3 N–H and O–H groups in total. The van der Waals surface area contributed by atoms with Gasteiger partial charge in [0.15, 0.2) is 0 Å². The summed E-state index contributed by atoms with van der Waals surface area (Å²) in [5, 5.41) is 22.8. The summed E-state index contributed by atoms with van der Waals surface area (Å²) in [7, 11) is 1.48. The minimum Gasteiger partial charge on any atom is -0.495 e. The van der Waals surface area contributed by atoms with Crippen molar-refractivity contribution in [3.05, 3.63) is 36.0 Å². The van der Waals surface area contributed by atoms with Crippen molar-refractivity contribution in [2.75, 3.05) is 19.0 Å². The van der Waals surface area contributed by atoms with Gasteiger partial charge in [-0.1, -0.05) is 12.1 Å². The van der Waals surface area contributed by atoms with E-state index in [4.69, 9.17) is 15.1 Å². The lowest BCUT2D eigenvalue weighted by molar-refractivity contribution is -0.137. The number of carbonyl (C=O) groups is 2. The first kappa shape index (κ1) is 17.0. The van der Waals surface area contributed by atoms with E-state index < -0.39 is 11.9 Å². The summed E-state index contributed by atoms with van der Waals surface area (Å²) >= 11 is 0. The Morgan fingerprint density at radius 3 is 2.77 bits per heavy atom. The number of nitrogens with zero attached hydrogens (tertiary/aromatic N) is 1. The van der Waals surface area contributed by atoms with Crippen LogP contribution in [0.15, 0.2) is 36.0 Å². The van der Waals surface area contributed by atoms with Crippen LogP contribution in [-0.2, 0) is 9.59 Å². The third-order valence-electron chi connectivity index (χ3n) is 2.68. The summed E-state index contributed by atoms with van der Waals surface area (Å²) in [5.41, 5.74) is 0.350. The van der Waals surface area contributed by atoms with Gasteiger partial charge >= 0.3 is 5.97 Å². The van der Waals surface area contributed by atoms with Crippen molar-refractivity contribution < 1.29 is 19.4 Å². The van der Waals surface area contributed by atoms with Gasteiger partial charge < -0.3 is 20.5 Å². The van der Waals surface area contributed by atoms with Gasteiger partial charge in [0, 0.05) is 19.2 Å². The van der Waals surface area contributed by atoms with Gasteiger partial charge in [-0.25, -0.2) is 0 Å². The largest absolute Gasteiger partial charge is 0.495 e. The Morgan fingerprint density at radius 1 is 1.41 bits per heavy atom. The average molecular weight is 303 g/mol. The Morgan fingerprint density at radius 2 is 2.14 bits per heavy atom. The molecule has 22 heavy (non-hydrogen) atoms. The van der Waals surface area contributed by atoms with Crippen molar-refractivity contribution in [2.24, 2.45) is 0 Å². The molecule has 1 aromatic rings. The molecule has 0 aromatic heterocycles. The standard InChI is InChI=1S/C15H17N3O4/c1-22-13-6-3-2-5-12(13)18-15(21)11(9-16)10-17-8-4-7-14(19)20/h2-3,5-6,10,17H,4,7-8H2,1H3,(H,18,21)(H,19,20)/b11-10-. The van der Waals surface area contributed by atoms with Gasteiger partial charge in [0.25, 0.3) is 5.91 Å². The first-order chi connectivity index (χ1) is 10.6. The summed E-state index contributed by atoms with van der Waals surface area (Å²) < 4.78 is 5.11. The zero-order chi connectivity index (χ0) is 16.4. The number of amides is 1. The Hall–Kier alpha value is -3.01. The van der Waals surface area contributed by atoms with Crippen molar-refractivity contribution in [1.82, 2.24) is 5.32 Å². The van der Waals surface area contributed by atoms with E-state index in [2.05, 4.69) is 10.6 Å². The van der Waals surface area contributed by atoms with Crippen molar-refractivity contribution >= 4 is 17.6 Å². The van der Waals surface area contributed by atoms with Gasteiger partial charge in [-0.15, -0.1) is 0 Å². The number of nitrogens with one attached hydrogen (secondary N) is 2. The third-order valence-corrected chi connectivity index (χ3v) is 2.68. The smallest absolute Gasteiger partial charge is 0.303 e. The van der Waals surface area contributed by atoms with Crippen LogP contribution in [0.3, 0.4) is 0 Å². The molecule has 0 aliphatic heterocycles. The molecule has 0 unspecified atom stereocenters. The molecule has 0 heterocycles. The summed E-state index contributed by atoms with van der Waals surface area (Å²) in [5.74, 6) is -0.972. The summed E-state index contributed by atoms with van der Waals surface area (Å²) in [6, 6.07) is 8.64. The van der Waals surface area contributed by atoms with Crippen LogP contribution < -0.4 is 15.4 Å². The van der Waals surface area contributed by atoms with E-state index in [-0.39, 0.29) is 12.0 Å². The highest BCUT2D eigenvalue weighted by atomic mass is 16.5. The molecular formula is C15H17N3O4. The molecule has 0 fully saturated rings. The third kappa shape index (κ3) is 5.54. The van der Waals surface area contributed by atoms with Gasteiger partial charge in [-0.3, -0.25) is 9.59 Å². The average Bonchev–Trinajstić information content (AvgIpc) is 2.51. The number of ether oxygens (including phenoxy) is 1. The second kappa shape index (κ2) is 9.02. The molecule has 0 radical (unpaired) electrons. The maximum absolute atomic E-state index is 12.0. The first-order valence-corrected chi connectivity index (χ1v) is 6.58. The number of carbonyl (C=O) groups excluding carboxylic acids is 1. The topological polar surface area (TPSA) is 111 Å². The van der Waals surface area contributed by atoms with Gasteiger partial charge in [-0.2, -0.15) is 5.26 Å². The Balaban J connectivity index is 2.61. The van der Waals surface area contributed by atoms with Crippen LogP contribution in [-0.4, -0.2) is 30.6 Å². The van der Waals surface area contributed by atoms with E-state index in [0.29, 0.717) is 24.4 Å². The fraction of sp³-hybridized carbons (Fsp3) is 0.267. The van der Waals surface area contributed by atoms with E-state index >= 15 is 0 Å². The van der Waals surface area contributed by atoms with Crippen molar-refractivity contribution in [3.8, 4) is 11.8 Å². The molecule has 0 bridgehead atoms. The molecular weight excluding hydrogens is 286 g/mol. The van der Waals surface area contributed by atoms with E-state index in [1.54, 1.807) is 30.3 Å². The predicted molar refractivity (Wildman–Crippen MR) is 80.2 cm³/mol. The van der Waals surface area contributed by atoms with Crippen LogP contribution in [0.2, 0.25) is 0 Å². The number of para-hydroxylation sites is 2. The van der Waals surface area contributed by atoms with Gasteiger partial charge in [-0.05, 0) is 18.6 Å². The molecule has 0 aliphatic rings. The summed E-state index contributed by atoms with van der Waals surface area (Å²) in [6.07, 6.45) is 1.70. The van der Waals surface area contributed by atoms with Crippen molar-refractivity contribution in [1.29, 1.82) is 5.26 Å². The molecule has 1 aromatic carbocycles. The van der Waals surface area contributed by atoms with Crippen LogP contribution in [0.5, 0.6) is 5.75 Å². The molecule has 1 amide bonds. The second-order valence-electron chi connectivity index (χ2n) is 4.28. The SMILES string of the molecule is COc1ccccc1NC(=O)/C(C#N)=C\NCCCC(=O)O. The van der Waals surface area contributed by atoms with Gasteiger partial charge in [0.05, 0.1) is 12.8 Å². The van der Waals surface area contributed by atoms with Crippen LogP contribution in [0.4, 0.5) is 5.69 Å². The van der Waals surface area contributed by atoms with Crippen molar-refractivity contribution in [2.45, 2.75) is 12.8 Å². The quantitative estimate of drug-likeness (QED) is 0.381. The second-order valence-corrected chi connectivity index (χ2v) is 4.28. The molecule has 7 heteroatoms. The predicted octanol–water partition coefficient (Wildman–Crippen LogP) is 1.50. The van der Waals surface area contributed by atoms with Crippen molar-refractivity contribution in [3.63, 3.8) is 0 Å². The lowest BCUT2D eigenvalue weighted by Crippen LogP contribution is -2.18. The number of nitriles is 1.